The molecule has 0 saturated carbocycles. The van der Waals surface area contributed by atoms with Gasteiger partial charge in [-0.15, -0.1) is 0 Å². The van der Waals surface area contributed by atoms with E-state index in [2.05, 4.69) is 17.3 Å². The van der Waals surface area contributed by atoms with Crippen molar-refractivity contribution in [2.75, 3.05) is 11.9 Å². The van der Waals surface area contributed by atoms with Crippen LogP contribution in [-0.2, 0) is 17.3 Å². The minimum absolute atomic E-state index is 0.00951. The van der Waals surface area contributed by atoms with Crippen LogP contribution in [0.15, 0.2) is 24.3 Å². The van der Waals surface area contributed by atoms with E-state index >= 15 is 0 Å². The summed E-state index contributed by atoms with van der Waals surface area (Å²) in [5.41, 5.74) is 2.18. The van der Waals surface area contributed by atoms with Crippen molar-refractivity contribution in [3.05, 3.63) is 46.2 Å². The largest absolute Gasteiger partial charge is 0.333 e. The van der Waals surface area contributed by atoms with Gasteiger partial charge in [-0.1, -0.05) is 43.1 Å². The highest BCUT2D eigenvalue weighted by atomic mass is 35.5. The summed E-state index contributed by atoms with van der Waals surface area (Å²) in [6, 6.07) is 7.60. The molecule has 7 heteroatoms. The molecule has 1 aromatic heterocycles. The number of aromatic nitrogens is 2. The molecule has 1 N–H and O–H groups in total. The molecule has 0 radical (unpaired) electrons. The van der Waals surface area contributed by atoms with E-state index < -0.39 is 5.41 Å². The average Bonchev–Trinajstić information content (AvgIpc) is 3.23. The first-order valence-electron chi connectivity index (χ1n) is 9.32. The van der Waals surface area contributed by atoms with E-state index in [1.54, 1.807) is 14.0 Å². The lowest BCUT2D eigenvalue weighted by molar-refractivity contribution is -0.121. The molecule has 6 nitrogen and oxygen atoms in total. The number of hydrogen-bond acceptors (Lipinski definition) is 3. The lowest BCUT2D eigenvalue weighted by Crippen LogP contribution is -2.49. The Hall–Kier alpha value is -2.34. The van der Waals surface area contributed by atoms with E-state index in [-0.39, 0.29) is 17.9 Å². The Morgan fingerprint density at radius 2 is 2.15 bits per heavy atom. The first-order valence-corrected chi connectivity index (χ1v) is 9.70. The lowest BCUT2D eigenvalue weighted by Gasteiger charge is -2.34. The molecule has 2 aliphatic rings. The zero-order valence-corrected chi connectivity index (χ0v) is 16.5. The number of likely N-dealkylation sites (tertiary alicyclic amines) is 1. The van der Waals surface area contributed by atoms with Crippen molar-refractivity contribution >= 4 is 29.1 Å². The van der Waals surface area contributed by atoms with E-state index in [1.807, 2.05) is 29.2 Å². The van der Waals surface area contributed by atoms with E-state index in [4.69, 9.17) is 11.6 Å². The maximum atomic E-state index is 13.4. The van der Waals surface area contributed by atoms with Gasteiger partial charge in [-0.05, 0) is 31.4 Å². The first kappa shape index (κ1) is 18.0. The van der Waals surface area contributed by atoms with Gasteiger partial charge in [0.2, 0.25) is 5.91 Å². The van der Waals surface area contributed by atoms with Gasteiger partial charge in [0.15, 0.2) is 0 Å². The van der Waals surface area contributed by atoms with Crippen LogP contribution in [0.4, 0.5) is 5.69 Å². The Bertz CT molecular complexity index is 938. The fourth-order valence-electron chi connectivity index (χ4n) is 4.72. The topological polar surface area (TPSA) is 67.2 Å². The third-order valence-electron chi connectivity index (χ3n) is 5.93. The number of nitrogens with one attached hydrogen (secondary N) is 1. The molecule has 2 atom stereocenters. The fraction of sp³-hybridized carbons (Fsp3) is 0.450. The number of hydrogen-bond donors (Lipinski definition) is 1. The number of fused-ring (bicyclic) bond motifs is 2. The van der Waals surface area contributed by atoms with Crippen LogP contribution in [0.3, 0.4) is 0 Å². The van der Waals surface area contributed by atoms with Crippen LogP contribution in [0.25, 0.3) is 0 Å². The third-order valence-corrected chi connectivity index (χ3v) is 6.38. The van der Waals surface area contributed by atoms with Crippen LogP contribution >= 0.6 is 11.6 Å². The van der Waals surface area contributed by atoms with Crippen LogP contribution in [0, 0.1) is 6.92 Å². The van der Waals surface area contributed by atoms with Gasteiger partial charge in [0.1, 0.15) is 5.69 Å². The number of anilines is 1. The Labute approximate surface area is 163 Å². The molecule has 1 aromatic carbocycles. The van der Waals surface area contributed by atoms with Crippen molar-refractivity contribution < 1.29 is 9.59 Å². The Balaban J connectivity index is 1.79. The molecule has 2 amide bonds. The zero-order chi connectivity index (χ0) is 19.3. The van der Waals surface area contributed by atoms with E-state index in [9.17, 15) is 9.59 Å². The minimum Gasteiger partial charge on any atom is -0.333 e. The van der Waals surface area contributed by atoms with Crippen molar-refractivity contribution in [2.24, 2.45) is 7.05 Å². The van der Waals surface area contributed by atoms with Crippen molar-refractivity contribution in [3.8, 4) is 0 Å². The summed E-state index contributed by atoms with van der Waals surface area (Å²) in [6.07, 6.45) is 2.24. The quantitative estimate of drug-likeness (QED) is 0.880. The Kier molecular flexibility index (Phi) is 4.26. The van der Waals surface area contributed by atoms with Crippen molar-refractivity contribution in [3.63, 3.8) is 0 Å². The molecule has 142 valence electrons. The van der Waals surface area contributed by atoms with E-state index in [1.165, 1.54) is 4.68 Å². The predicted molar refractivity (Wildman–Crippen MR) is 104 cm³/mol. The molecule has 1 spiro atoms. The van der Waals surface area contributed by atoms with Gasteiger partial charge in [0, 0.05) is 19.3 Å². The van der Waals surface area contributed by atoms with E-state index in [0.29, 0.717) is 29.4 Å². The smallest absolute Gasteiger partial charge is 0.273 e. The highest BCUT2D eigenvalue weighted by molar-refractivity contribution is 6.34. The number of carbonyl (C=O) groups excluding carboxylic acids is 2. The van der Waals surface area contributed by atoms with Gasteiger partial charge in [-0.25, -0.2) is 0 Å². The van der Waals surface area contributed by atoms with Crippen LogP contribution < -0.4 is 5.32 Å². The van der Waals surface area contributed by atoms with Gasteiger partial charge < -0.3 is 10.2 Å². The predicted octanol–water partition coefficient (Wildman–Crippen LogP) is 3.29. The third kappa shape index (κ3) is 2.42. The summed E-state index contributed by atoms with van der Waals surface area (Å²) in [6.45, 7) is 4.38. The second-order valence-electron chi connectivity index (χ2n) is 7.40. The molecule has 0 aliphatic carbocycles. The molecule has 1 saturated heterocycles. The summed E-state index contributed by atoms with van der Waals surface area (Å²) in [5, 5.41) is 7.68. The molecular weight excluding hydrogens is 364 g/mol. The molecule has 2 aromatic rings. The van der Waals surface area contributed by atoms with Gasteiger partial charge in [-0.3, -0.25) is 14.3 Å². The molecule has 0 bridgehead atoms. The number of benzene rings is 1. The summed E-state index contributed by atoms with van der Waals surface area (Å²) in [5.74, 6) is -0.166. The highest BCUT2D eigenvalue weighted by Crippen LogP contribution is 2.49. The molecule has 27 heavy (non-hydrogen) atoms. The summed E-state index contributed by atoms with van der Waals surface area (Å²) >= 11 is 6.36. The lowest BCUT2D eigenvalue weighted by atomic mass is 9.73. The summed E-state index contributed by atoms with van der Waals surface area (Å²) < 4.78 is 1.54. The number of nitrogens with zero attached hydrogens (tertiary/aromatic N) is 3. The monoisotopic (exact) mass is 386 g/mol. The zero-order valence-electron chi connectivity index (χ0n) is 15.8. The number of para-hydroxylation sites is 1. The van der Waals surface area contributed by atoms with Gasteiger partial charge in [-0.2, -0.15) is 5.10 Å². The number of halogens is 1. The molecule has 0 unspecified atom stereocenters. The van der Waals surface area contributed by atoms with Crippen molar-refractivity contribution in [1.29, 1.82) is 0 Å². The second-order valence-corrected chi connectivity index (χ2v) is 7.77. The SMILES string of the molecule is CCC[C@@H]1N(C(=O)c2c(Cl)c(C)nn2C)CC[C@]12C(=O)Nc1ccccc12. The van der Waals surface area contributed by atoms with Gasteiger partial charge in [0.05, 0.1) is 22.2 Å². The molecular formula is C20H23ClN4O2. The van der Waals surface area contributed by atoms with E-state index in [0.717, 1.165) is 24.1 Å². The normalized spacial score (nSPS) is 23.8. The van der Waals surface area contributed by atoms with Crippen LogP contribution in [-0.4, -0.2) is 39.1 Å². The Morgan fingerprint density at radius 1 is 1.41 bits per heavy atom. The molecule has 1 fully saturated rings. The Morgan fingerprint density at radius 3 is 2.81 bits per heavy atom. The van der Waals surface area contributed by atoms with Gasteiger partial charge >= 0.3 is 0 Å². The number of carbonyl (C=O) groups is 2. The average molecular weight is 387 g/mol. The number of rotatable bonds is 3. The van der Waals surface area contributed by atoms with Crippen molar-refractivity contribution in [2.45, 2.75) is 44.6 Å². The van der Waals surface area contributed by atoms with Crippen LogP contribution in [0.1, 0.15) is 47.9 Å². The standard InChI is InChI=1S/C20H23ClN4O2/c1-4-7-15-20(13-8-5-6-9-14(13)22-19(20)27)10-11-25(15)18(26)17-16(21)12(2)23-24(17)3/h5-6,8-9,15H,4,7,10-11H2,1-3H3,(H,22,27)/t15-,20+/m0/s1. The first-order chi connectivity index (χ1) is 12.9. The highest BCUT2D eigenvalue weighted by Gasteiger charge is 2.58. The minimum atomic E-state index is -0.692. The van der Waals surface area contributed by atoms with Gasteiger partial charge in [0.25, 0.3) is 5.91 Å². The van der Waals surface area contributed by atoms with Crippen molar-refractivity contribution in [1.82, 2.24) is 14.7 Å². The van der Waals surface area contributed by atoms with Crippen LogP contribution in [0.2, 0.25) is 5.02 Å². The number of aryl methyl sites for hydroxylation is 2. The number of amides is 2. The maximum absolute atomic E-state index is 13.4. The second kappa shape index (κ2) is 6.37. The summed E-state index contributed by atoms with van der Waals surface area (Å²) in [4.78, 5) is 28.3. The molecule has 4 rings (SSSR count). The molecule has 2 aliphatic heterocycles. The van der Waals surface area contributed by atoms with Crippen LogP contribution in [0.5, 0.6) is 0 Å². The maximum Gasteiger partial charge on any atom is 0.273 e. The molecule has 3 heterocycles. The fourth-order valence-corrected chi connectivity index (χ4v) is 4.96. The summed E-state index contributed by atoms with van der Waals surface area (Å²) in [7, 11) is 1.73.